The summed E-state index contributed by atoms with van der Waals surface area (Å²) in [6.45, 7) is 10.6. The zero-order chi connectivity index (χ0) is 16.5. The Morgan fingerprint density at radius 2 is 1.52 bits per heavy atom. The van der Waals surface area contributed by atoms with E-state index in [1.54, 1.807) is 7.05 Å². The van der Waals surface area contributed by atoms with Crippen LogP contribution >= 0.6 is 0 Å². The van der Waals surface area contributed by atoms with Gasteiger partial charge in [0.1, 0.15) is 0 Å². The van der Waals surface area contributed by atoms with Crippen LogP contribution < -0.4 is 10.6 Å². The molecule has 0 heterocycles. The highest BCUT2D eigenvalue weighted by molar-refractivity contribution is 5.75. The first-order valence-electron chi connectivity index (χ1n) is 7.31. The van der Waals surface area contributed by atoms with Gasteiger partial charge in [-0.2, -0.15) is 0 Å². The summed E-state index contributed by atoms with van der Waals surface area (Å²) in [6.07, 6.45) is 1.10. The molecule has 2 amide bonds. The Balaban J connectivity index is 3.91. The van der Waals surface area contributed by atoms with Crippen molar-refractivity contribution in [1.29, 1.82) is 0 Å². The first-order valence-corrected chi connectivity index (χ1v) is 7.31. The van der Waals surface area contributed by atoms with Crippen LogP contribution in [0.25, 0.3) is 0 Å². The molecule has 0 aliphatic carbocycles. The van der Waals surface area contributed by atoms with Crippen molar-refractivity contribution in [3.63, 3.8) is 0 Å². The van der Waals surface area contributed by atoms with Crippen LogP contribution in [0.2, 0.25) is 0 Å². The lowest BCUT2D eigenvalue weighted by atomic mass is 10.0. The molecular formula is C15H30N2O4. The molecule has 0 aliphatic rings. The van der Waals surface area contributed by atoms with Crippen molar-refractivity contribution in [1.82, 2.24) is 10.6 Å². The minimum absolute atomic E-state index is 0.0133. The molecular weight excluding hydrogens is 272 g/mol. The summed E-state index contributed by atoms with van der Waals surface area (Å²) in [7, 11) is 1.63. The molecule has 0 bridgehead atoms. The SMILES string of the molecule is CNC(=O)CCC(C)(C)OCCOC(C)(C)CNC(C)=O. The molecule has 0 aromatic rings. The molecule has 0 aliphatic heterocycles. The van der Waals surface area contributed by atoms with E-state index in [2.05, 4.69) is 10.6 Å². The first-order chi connectivity index (χ1) is 9.58. The van der Waals surface area contributed by atoms with E-state index in [9.17, 15) is 9.59 Å². The molecule has 6 heteroatoms. The molecule has 124 valence electrons. The molecule has 0 saturated carbocycles. The largest absolute Gasteiger partial charge is 0.373 e. The maximum atomic E-state index is 11.2. The Bertz CT molecular complexity index is 341. The van der Waals surface area contributed by atoms with Gasteiger partial charge in [-0.15, -0.1) is 0 Å². The van der Waals surface area contributed by atoms with Crippen LogP contribution in [-0.2, 0) is 19.1 Å². The number of ether oxygens (including phenoxy) is 2. The zero-order valence-corrected chi connectivity index (χ0v) is 14.2. The Morgan fingerprint density at radius 3 is 2.00 bits per heavy atom. The fraction of sp³-hybridized carbons (Fsp3) is 0.867. The average Bonchev–Trinajstić information content (AvgIpc) is 2.39. The predicted molar refractivity (Wildman–Crippen MR) is 82.0 cm³/mol. The average molecular weight is 302 g/mol. The molecule has 0 aromatic heterocycles. The Labute approximate surface area is 127 Å². The molecule has 0 unspecified atom stereocenters. The summed E-state index contributed by atoms with van der Waals surface area (Å²) < 4.78 is 11.5. The second kappa shape index (κ2) is 9.00. The first kappa shape index (κ1) is 19.9. The number of hydrogen-bond acceptors (Lipinski definition) is 4. The zero-order valence-electron chi connectivity index (χ0n) is 14.2. The molecule has 0 rings (SSSR count). The predicted octanol–water partition coefficient (Wildman–Crippen LogP) is 1.24. The van der Waals surface area contributed by atoms with Gasteiger partial charge in [0, 0.05) is 26.9 Å². The van der Waals surface area contributed by atoms with Crippen LogP contribution in [-0.4, -0.2) is 49.8 Å². The van der Waals surface area contributed by atoms with Gasteiger partial charge in [0.25, 0.3) is 0 Å². The van der Waals surface area contributed by atoms with E-state index < -0.39 is 5.60 Å². The number of carbonyl (C=O) groups is 2. The number of rotatable bonds is 10. The second-order valence-electron chi connectivity index (χ2n) is 6.30. The van der Waals surface area contributed by atoms with Crippen molar-refractivity contribution in [3.05, 3.63) is 0 Å². The van der Waals surface area contributed by atoms with Crippen LogP contribution in [0.15, 0.2) is 0 Å². The van der Waals surface area contributed by atoms with Crippen LogP contribution in [0.4, 0.5) is 0 Å². The van der Waals surface area contributed by atoms with Gasteiger partial charge in [0.05, 0.1) is 24.4 Å². The van der Waals surface area contributed by atoms with Gasteiger partial charge in [-0.3, -0.25) is 9.59 Å². The van der Waals surface area contributed by atoms with E-state index in [1.165, 1.54) is 6.92 Å². The quantitative estimate of drug-likeness (QED) is 0.595. The highest BCUT2D eigenvalue weighted by atomic mass is 16.5. The van der Waals surface area contributed by atoms with Crippen molar-refractivity contribution >= 4 is 11.8 Å². The molecule has 2 N–H and O–H groups in total. The minimum atomic E-state index is -0.429. The van der Waals surface area contributed by atoms with Crippen molar-refractivity contribution in [2.75, 3.05) is 26.8 Å². The van der Waals surface area contributed by atoms with Gasteiger partial charge < -0.3 is 20.1 Å². The van der Waals surface area contributed by atoms with E-state index in [0.717, 1.165) is 0 Å². The summed E-state index contributed by atoms with van der Waals surface area (Å²) in [5.74, 6) is -0.0578. The third kappa shape index (κ3) is 11.2. The standard InChI is InChI=1S/C15H30N2O4/c1-12(18)17-11-15(4,5)21-10-9-20-14(2,3)8-7-13(19)16-6/h7-11H2,1-6H3,(H,16,19)(H,17,18). The van der Waals surface area contributed by atoms with E-state index in [4.69, 9.17) is 9.47 Å². The van der Waals surface area contributed by atoms with E-state index in [0.29, 0.717) is 32.6 Å². The van der Waals surface area contributed by atoms with Crippen molar-refractivity contribution in [2.45, 2.75) is 58.7 Å². The third-order valence-corrected chi connectivity index (χ3v) is 3.06. The molecule has 0 radical (unpaired) electrons. The Hall–Kier alpha value is -1.14. The highest BCUT2D eigenvalue weighted by Crippen LogP contribution is 2.17. The maximum absolute atomic E-state index is 11.2. The number of amides is 2. The van der Waals surface area contributed by atoms with Crippen LogP contribution in [0, 0.1) is 0 Å². The summed E-state index contributed by atoms with van der Waals surface area (Å²) in [4.78, 5) is 22.1. The third-order valence-electron chi connectivity index (χ3n) is 3.06. The summed E-state index contributed by atoms with van der Waals surface area (Å²) in [5.41, 5.74) is -0.793. The highest BCUT2D eigenvalue weighted by Gasteiger charge is 2.21. The van der Waals surface area contributed by atoms with Crippen molar-refractivity contribution < 1.29 is 19.1 Å². The van der Waals surface area contributed by atoms with Gasteiger partial charge in [-0.25, -0.2) is 0 Å². The van der Waals surface area contributed by atoms with Crippen LogP contribution in [0.5, 0.6) is 0 Å². The van der Waals surface area contributed by atoms with Crippen molar-refractivity contribution in [2.24, 2.45) is 0 Å². The van der Waals surface area contributed by atoms with Gasteiger partial charge in [-0.05, 0) is 34.1 Å². The number of carbonyl (C=O) groups excluding carboxylic acids is 2. The molecule has 6 nitrogen and oxygen atoms in total. The normalized spacial score (nSPS) is 12.1. The summed E-state index contributed by atoms with van der Waals surface area (Å²) in [5, 5.41) is 5.33. The molecule has 0 saturated heterocycles. The lowest BCUT2D eigenvalue weighted by Gasteiger charge is -2.28. The smallest absolute Gasteiger partial charge is 0.219 e. The van der Waals surface area contributed by atoms with Gasteiger partial charge in [0.15, 0.2) is 0 Å². The number of nitrogens with one attached hydrogen (secondary N) is 2. The van der Waals surface area contributed by atoms with E-state index in [-0.39, 0.29) is 17.4 Å². The van der Waals surface area contributed by atoms with Gasteiger partial charge >= 0.3 is 0 Å². The topological polar surface area (TPSA) is 76.7 Å². The fourth-order valence-corrected chi connectivity index (χ4v) is 1.64. The molecule has 0 aromatic carbocycles. The lowest BCUT2D eigenvalue weighted by molar-refractivity contribution is -0.124. The van der Waals surface area contributed by atoms with Gasteiger partial charge in [-0.1, -0.05) is 0 Å². The lowest BCUT2D eigenvalue weighted by Crippen LogP contribution is -2.40. The second-order valence-corrected chi connectivity index (χ2v) is 6.30. The molecule has 0 fully saturated rings. The Kier molecular flexibility index (Phi) is 8.51. The molecule has 21 heavy (non-hydrogen) atoms. The van der Waals surface area contributed by atoms with E-state index in [1.807, 2.05) is 27.7 Å². The van der Waals surface area contributed by atoms with E-state index >= 15 is 0 Å². The van der Waals surface area contributed by atoms with Crippen LogP contribution in [0.3, 0.4) is 0 Å². The molecule has 0 spiro atoms. The van der Waals surface area contributed by atoms with Crippen LogP contribution in [0.1, 0.15) is 47.5 Å². The fourth-order valence-electron chi connectivity index (χ4n) is 1.64. The van der Waals surface area contributed by atoms with Gasteiger partial charge in [0.2, 0.25) is 11.8 Å². The molecule has 0 atom stereocenters. The monoisotopic (exact) mass is 302 g/mol. The number of hydrogen-bond donors (Lipinski definition) is 2. The maximum Gasteiger partial charge on any atom is 0.219 e. The minimum Gasteiger partial charge on any atom is -0.373 e. The summed E-state index contributed by atoms with van der Waals surface area (Å²) >= 11 is 0. The summed E-state index contributed by atoms with van der Waals surface area (Å²) in [6, 6.07) is 0. The van der Waals surface area contributed by atoms with Crippen molar-refractivity contribution in [3.8, 4) is 0 Å². The Morgan fingerprint density at radius 1 is 1.00 bits per heavy atom.